The average molecular weight is 125 g/mol. The molecule has 0 bridgehead atoms. The Labute approximate surface area is 56.8 Å². The molecular weight excluding hydrogens is 110 g/mol. The van der Waals surface area contributed by atoms with Crippen molar-refractivity contribution in [1.29, 1.82) is 0 Å². The van der Waals surface area contributed by atoms with Crippen LogP contribution in [0.4, 0.5) is 0 Å². The number of rotatable bonds is 0. The van der Waals surface area contributed by atoms with Crippen LogP contribution in [0.1, 0.15) is 39.0 Å². The zero-order valence-corrected chi connectivity index (χ0v) is 6.11. The largest absolute Gasteiger partial charge is 0.309 e. The number of hydrogen-bond donors (Lipinski definition) is 1. The Balaban J connectivity index is 1.99. The van der Waals surface area contributed by atoms with Gasteiger partial charge in [0, 0.05) is 11.6 Å². The van der Waals surface area contributed by atoms with Crippen LogP contribution in [0.25, 0.3) is 0 Å². The molecule has 0 aromatic rings. The Kier molecular flexibility index (Phi) is 1.10. The van der Waals surface area contributed by atoms with Crippen LogP contribution in [-0.4, -0.2) is 11.6 Å². The molecule has 1 N–H and O–H groups in total. The van der Waals surface area contributed by atoms with E-state index < -0.39 is 0 Å². The van der Waals surface area contributed by atoms with E-state index in [4.69, 9.17) is 0 Å². The van der Waals surface area contributed by atoms with Gasteiger partial charge in [-0.1, -0.05) is 0 Å². The van der Waals surface area contributed by atoms with Gasteiger partial charge in [-0.05, 0) is 39.0 Å². The monoisotopic (exact) mass is 125 g/mol. The summed E-state index contributed by atoms with van der Waals surface area (Å²) in [5, 5.41) is 3.67. The zero-order valence-electron chi connectivity index (χ0n) is 6.11. The van der Waals surface area contributed by atoms with E-state index in [1.54, 1.807) is 0 Å². The fourth-order valence-corrected chi connectivity index (χ4v) is 2.16. The minimum atomic E-state index is 0.638. The molecule has 2 fully saturated rings. The van der Waals surface area contributed by atoms with Gasteiger partial charge < -0.3 is 5.32 Å². The second-order valence-electron chi connectivity index (χ2n) is 3.72. The van der Waals surface area contributed by atoms with Crippen LogP contribution < -0.4 is 5.32 Å². The van der Waals surface area contributed by atoms with Crippen molar-refractivity contribution in [3.63, 3.8) is 0 Å². The van der Waals surface area contributed by atoms with Crippen LogP contribution in [0, 0.1) is 0 Å². The maximum absolute atomic E-state index is 3.67. The lowest BCUT2D eigenvalue weighted by atomic mass is 9.76. The summed E-state index contributed by atoms with van der Waals surface area (Å²) in [7, 11) is 0. The van der Waals surface area contributed by atoms with Crippen molar-refractivity contribution in [2.45, 2.75) is 50.6 Å². The fraction of sp³-hybridized carbons (Fsp3) is 1.00. The molecule has 1 aliphatic carbocycles. The zero-order chi connectivity index (χ0) is 6.32. The molecule has 1 atom stereocenters. The summed E-state index contributed by atoms with van der Waals surface area (Å²) in [4.78, 5) is 0. The molecule has 1 nitrogen and oxygen atoms in total. The van der Waals surface area contributed by atoms with Gasteiger partial charge in [0.1, 0.15) is 0 Å². The maximum atomic E-state index is 3.67. The predicted octanol–water partition coefficient (Wildman–Crippen LogP) is 1.68. The molecular formula is C8H15N. The minimum absolute atomic E-state index is 0.638. The van der Waals surface area contributed by atoms with Crippen molar-refractivity contribution in [2.75, 3.05) is 0 Å². The summed E-state index contributed by atoms with van der Waals surface area (Å²) in [5.41, 5.74) is 0.638. The molecule has 1 heteroatoms. The van der Waals surface area contributed by atoms with Crippen LogP contribution in [0.2, 0.25) is 0 Å². The topological polar surface area (TPSA) is 12.0 Å². The van der Waals surface area contributed by atoms with Crippen molar-refractivity contribution < 1.29 is 0 Å². The fourth-order valence-electron chi connectivity index (χ4n) is 2.16. The predicted molar refractivity (Wildman–Crippen MR) is 38.4 cm³/mol. The first-order valence-electron chi connectivity index (χ1n) is 4.08. The highest BCUT2D eigenvalue weighted by Gasteiger charge is 2.41. The molecule has 1 saturated carbocycles. The molecule has 1 spiro atoms. The van der Waals surface area contributed by atoms with E-state index in [0.717, 1.165) is 6.04 Å². The van der Waals surface area contributed by atoms with E-state index in [2.05, 4.69) is 12.2 Å². The first-order chi connectivity index (χ1) is 4.31. The van der Waals surface area contributed by atoms with Crippen LogP contribution in [-0.2, 0) is 0 Å². The molecule has 0 aromatic heterocycles. The Morgan fingerprint density at radius 1 is 1.33 bits per heavy atom. The first-order valence-corrected chi connectivity index (χ1v) is 4.08. The third-order valence-corrected chi connectivity index (χ3v) is 2.92. The van der Waals surface area contributed by atoms with Gasteiger partial charge >= 0.3 is 0 Å². The Bertz CT molecular complexity index is 116. The summed E-state index contributed by atoms with van der Waals surface area (Å²) in [6.07, 6.45) is 7.18. The van der Waals surface area contributed by atoms with Crippen molar-refractivity contribution in [2.24, 2.45) is 0 Å². The molecule has 0 aromatic carbocycles. The molecule has 52 valence electrons. The van der Waals surface area contributed by atoms with E-state index in [9.17, 15) is 0 Å². The third-order valence-electron chi connectivity index (χ3n) is 2.92. The summed E-state index contributed by atoms with van der Waals surface area (Å²) < 4.78 is 0. The summed E-state index contributed by atoms with van der Waals surface area (Å²) in [6.45, 7) is 2.30. The van der Waals surface area contributed by atoms with Crippen LogP contribution in [0.5, 0.6) is 0 Å². The number of hydrogen-bond acceptors (Lipinski definition) is 1. The second kappa shape index (κ2) is 1.72. The average Bonchev–Trinajstić information content (AvgIpc) is 2.09. The summed E-state index contributed by atoms with van der Waals surface area (Å²) in [6, 6.07) is 0.797. The van der Waals surface area contributed by atoms with Gasteiger partial charge in [-0.3, -0.25) is 0 Å². The lowest BCUT2D eigenvalue weighted by Gasteiger charge is -2.39. The number of nitrogens with one attached hydrogen (secondary N) is 1. The Morgan fingerprint density at radius 2 is 2.11 bits per heavy atom. The van der Waals surface area contributed by atoms with E-state index in [-0.39, 0.29) is 0 Å². The molecule has 0 amide bonds. The van der Waals surface area contributed by atoms with Gasteiger partial charge in [-0.25, -0.2) is 0 Å². The maximum Gasteiger partial charge on any atom is 0.0184 e. The van der Waals surface area contributed by atoms with E-state index >= 15 is 0 Å². The summed E-state index contributed by atoms with van der Waals surface area (Å²) >= 11 is 0. The SMILES string of the molecule is C[C@@H]1CCC2(CCC2)N1. The molecule has 1 heterocycles. The molecule has 9 heavy (non-hydrogen) atoms. The molecule has 2 aliphatic rings. The van der Waals surface area contributed by atoms with Crippen molar-refractivity contribution in [3.8, 4) is 0 Å². The Hall–Kier alpha value is -0.0400. The van der Waals surface area contributed by atoms with Crippen molar-refractivity contribution in [1.82, 2.24) is 5.32 Å². The van der Waals surface area contributed by atoms with Gasteiger partial charge in [-0.2, -0.15) is 0 Å². The molecule has 1 saturated heterocycles. The highest BCUT2D eigenvalue weighted by Crippen LogP contribution is 2.40. The van der Waals surface area contributed by atoms with Crippen LogP contribution in [0.3, 0.4) is 0 Å². The van der Waals surface area contributed by atoms with Gasteiger partial charge in [-0.15, -0.1) is 0 Å². The van der Waals surface area contributed by atoms with Gasteiger partial charge in [0.05, 0.1) is 0 Å². The van der Waals surface area contributed by atoms with E-state index in [0.29, 0.717) is 5.54 Å². The van der Waals surface area contributed by atoms with E-state index in [1.165, 1.54) is 32.1 Å². The highest BCUT2D eigenvalue weighted by atomic mass is 15.0. The van der Waals surface area contributed by atoms with Crippen molar-refractivity contribution >= 4 is 0 Å². The molecule has 0 unspecified atom stereocenters. The standard InChI is InChI=1S/C8H15N/c1-7-3-6-8(9-7)4-2-5-8/h7,9H,2-6H2,1H3/t7-/m1/s1. The first kappa shape index (κ1) is 5.72. The van der Waals surface area contributed by atoms with Crippen LogP contribution >= 0.6 is 0 Å². The van der Waals surface area contributed by atoms with Gasteiger partial charge in [0.25, 0.3) is 0 Å². The quantitative estimate of drug-likeness (QED) is 0.519. The van der Waals surface area contributed by atoms with Gasteiger partial charge in [0.2, 0.25) is 0 Å². The molecule has 0 radical (unpaired) electrons. The second-order valence-corrected chi connectivity index (χ2v) is 3.72. The smallest absolute Gasteiger partial charge is 0.0184 e. The third kappa shape index (κ3) is 0.787. The normalized spacial score (nSPS) is 39.0. The Morgan fingerprint density at radius 3 is 2.33 bits per heavy atom. The highest BCUT2D eigenvalue weighted by molar-refractivity contribution is 5.01. The van der Waals surface area contributed by atoms with Crippen molar-refractivity contribution in [3.05, 3.63) is 0 Å². The van der Waals surface area contributed by atoms with Crippen LogP contribution in [0.15, 0.2) is 0 Å². The molecule has 1 aliphatic heterocycles. The molecule has 2 rings (SSSR count). The van der Waals surface area contributed by atoms with Gasteiger partial charge in [0.15, 0.2) is 0 Å². The lowest BCUT2D eigenvalue weighted by Crippen LogP contribution is -2.47. The minimum Gasteiger partial charge on any atom is -0.309 e. The summed E-state index contributed by atoms with van der Waals surface area (Å²) in [5.74, 6) is 0. The lowest BCUT2D eigenvalue weighted by molar-refractivity contribution is 0.209. The van der Waals surface area contributed by atoms with E-state index in [1.807, 2.05) is 0 Å².